The summed E-state index contributed by atoms with van der Waals surface area (Å²) in [6.45, 7) is 7.60. The highest BCUT2D eigenvalue weighted by Gasteiger charge is 2.48. The molecule has 18 heavy (non-hydrogen) atoms. The first-order valence-electron chi connectivity index (χ1n) is 6.57. The van der Waals surface area contributed by atoms with Crippen LogP contribution in [0, 0.1) is 11.2 Å². The van der Waals surface area contributed by atoms with Gasteiger partial charge in [-0.15, -0.1) is 0 Å². The number of hydrogen-bond donors (Lipinski definition) is 1. The van der Waals surface area contributed by atoms with E-state index in [4.69, 9.17) is 4.74 Å². The van der Waals surface area contributed by atoms with Crippen molar-refractivity contribution in [3.05, 3.63) is 29.6 Å². The van der Waals surface area contributed by atoms with Gasteiger partial charge in [-0.3, -0.25) is 0 Å². The van der Waals surface area contributed by atoms with Crippen LogP contribution in [0.25, 0.3) is 0 Å². The van der Waals surface area contributed by atoms with Crippen molar-refractivity contribution in [2.24, 2.45) is 5.41 Å². The van der Waals surface area contributed by atoms with E-state index >= 15 is 0 Å². The lowest BCUT2D eigenvalue weighted by Gasteiger charge is -2.53. The second kappa shape index (κ2) is 4.88. The highest BCUT2D eigenvalue weighted by Crippen LogP contribution is 2.52. The normalized spacial score (nSPS) is 25.6. The topological polar surface area (TPSA) is 21.3 Å². The molecule has 2 atom stereocenters. The molecule has 2 nitrogen and oxygen atoms in total. The lowest BCUT2D eigenvalue weighted by molar-refractivity contribution is 0.0704. The number of methoxy groups -OCH3 is 1. The average Bonchev–Trinajstić information content (AvgIpc) is 2.34. The Balaban J connectivity index is 2.17. The summed E-state index contributed by atoms with van der Waals surface area (Å²) in [6.07, 6.45) is 1.08. The molecule has 1 aliphatic rings. The maximum Gasteiger partial charge on any atom is 0.165 e. The van der Waals surface area contributed by atoms with Crippen LogP contribution in [0.2, 0.25) is 0 Å². The van der Waals surface area contributed by atoms with Crippen LogP contribution in [0.1, 0.15) is 38.7 Å². The molecule has 3 heteroatoms. The maximum atomic E-state index is 13.7. The van der Waals surface area contributed by atoms with Gasteiger partial charge in [0.2, 0.25) is 0 Å². The number of hydrogen-bond acceptors (Lipinski definition) is 2. The van der Waals surface area contributed by atoms with Crippen LogP contribution in [-0.4, -0.2) is 19.7 Å². The van der Waals surface area contributed by atoms with Crippen LogP contribution in [0.5, 0.6) is 5.75 Å². The van der Waals surface area contributed by atoms with Crippen molar-refractivity contribution in [3.8, 4) is 5.75 Å². The summed E-state index contributed by atoms with van der Waals surface area (Å²) in [4.78, 5) is 0. The highest BCUT2D eigenvalue weighted by atomic mass is 19.1. The molecule has 0 spiro atoms. The van der Waals surface area contributed by atoms with Gasteiger partial charge in [-0.25, -0.2) is 4.39 Å². The van der Waals surface area contributed by atoms with Crippen molar-refractivity contribution >= 4 is 0 Å². The zero-order valence-electron chi connectivity index (χ0n) is 11.6. The van der Waals surface area contributed by atoms with Crippen LogP contribution in [0.3, 0.4) is 0 Å². The quantitative estimate of drug-likeness (QED) is 0.886. The summed E-state index contributed by atoms with van der Waals surface area (Å²) in [5.41, 5.74) is 1.25. The molecular weight excluding hydrogens is 229 g/mol. The van der Waals surface area contributed by atoms with Crippen molar-refractivity contribution in [2.75, 3.05) is 13.7 Å². The lowest BCUT2D eigenvalue weighted by atomic mass is 9.56. The minimum atomic E-state index is -0.266. The molecule has 2 unspecified atom stereocenters. The van der Waals surface area contributed by atoms with E-state index in [1.54, 1.807) is 12.1 Å². The molecule has 0 heterocycles. The summed E-state index contributed by atoms with van der Waals surface area (Å²) in [7, 11) is 1.49. The van der Waals surface area contributed by atoms with E-state index in [2.05, 4.69) is 26.1 Å². The Kier molecular flexibility index (Phi) is 3.62. The lowest BCUT2D eigenvalue weighted by Crippen LogP contribution is -2.55. The second-order valence-electron chi connectivity index (χ2n) is 5.61. The molecule has 100 valence electrons. The fraction of sp³-hybridized carbons (Fsp3) is 0.600. The van der Waals surface area contributed by atoms with Crippen molar-refractivity contribution < 1.29 is 9.13 Å². The molecule has 1 saturated carbocycles. The second-order valence-corrected chi connectivity index (χ2v) is 5.61. The smallest absolute Gasteiger partial charge is 0.165 e. The Labute approximate surface area is 109 Å². The Bertz CT molecular complexity index is 431. The Morgan fingerprint density at radius 2 is 2.17 bits per heavy atom. The van der Waals surface area contributed by atoms with E-state index in [0.717, 1.165) is 18.5 Å². The number of ether oxygens (including phenoxy) is 1. The molecule has 0 saturated heterocycles. The third kappa shape index (κ3) is 2.12. The SMILES string of the molecule is CCNC1CC(c2ccc(OC)c(F)c2)C1(C)C. The van der Waals surface area contributed by atoms with Crippen molar-refractivity contribution in [1.29, 1.82) is 0 Å². The predicted octanol–water partition coefficient (Wildman–Crippen LogP) is 3.33. The molecule has 1 aliphatic carbocycles. The standard InChI is InChI=1S/C15H22FNO/c1-5-17-14-9-11(15(14,2)3)10-6-7-13(18-4)12(16)8-10/h6-8,11,14,17H,5,9H2,1-4H3. The molecular formula is C15H22FNO. The molecule has 0 aromatic heterocycles. The van der Waals surface area contributed by atoms with Crippen molar-refractivity contribution in [1.82, 2.24) is 5.32 Å². The minimum Gasteiger partial charge on any atom is -0.494 e. The number of nitrogens with one attached hydrogen (secondary N) is 1. The highest BCUT2D eigenvalue weighted by molar-refractivity contribution is 5.34. The third-order valence-electron chi connectivity index (χ3n) is 4.30. The molecule has 0 amide bonds. The van der Waals surface area contributed by atoms with E-state index in [0.29, 0.717) is 17.7 Å². The van der Waals surface area contributed by atoms with Gasteiger partial charge in [-0.1, -0.05) is 26.8 Å². The van der Waals surface area contributed by atoms with E-state index in [1.165, 1.54) is 7.11 Å². The average molecular weight is 251 g/mol. The fourth-order valence-corrected chi connectivity index (χ4v) is 2.98. The van der Waals surface area contributed by atoms with Crippen LogP contribution >= 0.6 is 0 Å². The van der Waals surface area contributed by atoms with Gasteiger partial charge >= 0.3 is 0 Å². The van der Waals surface area contributed by atoms with Gasteiger partial charge in [0.1, 0.15) is 0 Å². The molecule has 0 bridgehead atoms. The van der Waals surface area contributed by atoms with E-state index in [1.807, 2.05) is 6.07 Å². The van der Waals surface area contributed by atoms with Gasteiger partial charge in [0, 0.05) is 6.04 Å². The van der Waals surface area contributed by atoms with E-state index in [9.17, 15) is 4.39 Å². The zero-order valence-corrected chi connectivity index (χ0v) is 11.6. The van der Waals surface area contributed by atoms with Gasteiger partial charge in [-0.05, 0) is 42.0 Å². The number of halogens is 1. The first-order chi connectivity index (χ1) is 8.50. The van der Waals surface area contributed by atoms with Gasteiger partial charge in [0.25, 0.3) is 0 Å². The van der Waals surface area contributed by atoms with Crippen LogP contribution in [0.4, 0.5) is 4.39 Å². The van der Waals surface area contributed by atoms with Gasteiger partial charge in [-0.2, -0.15) is 0 Å². The van der Waals surface area contributed by atoms with Crippen molar-refractivity contribution in [2.45, 2.75) is 39.2 Å². The van der Waals surface area contributed by atoms with Gasteiger partial charge < -0.3 is 10.1 Å². The summed E-state index contributed by atoms with van der Waals surface area (Å²) in [5.74, 6) is 0.471. The third-order valence-corrected chi connectivity index (χ3v) is 4.30. The first kappa shape index (κ1) is 13.3. The van der Waals surface area contributed by atoms with Crippen LogP contribution in [0.15, 0.2) is 18.2 Å². The zero-order chi connectivity index (χ0) is 13.3. The maximum absolute atomic E-state index is 13.7. The van der Waals surface area contributed by atoms with Crippen molar-refractivity contribution in [3.63, 3.8) is 0 Å². The van der Waals surface area contributed by atoms with Gasteiger partial charge in [0.15, 0.2) is 11.6 Å². The molecule has 0 radical (unpaired) electrons. The first-order valence-corrected chi connectivity index (χ1v) is 6.57. The van der Waals surface area contributed by atoms with E-state index in [-0.39, 0.29) is 11.2 Å². The predicted molar refractivity (Wildman–Crippen MR) is 71.6 cm³/mol. The minimum absolute atomic E-state index is 0.178. The van der Waals surface area contributed by atoms with Gasteiger partial charge in [0.05, 0.1) is 7.11 Å². The molecule has 1 fully saturated rings. The summed E-state index contributed by atoms with van der Waals surface area (Å²) >= 11 is 0. The molecule has 0 aliphatic heterocycles. The summed E-state index contributed by atoms with van der Waals surface area (Å²) < 4.78 is 18.7. The number of benzene rings is 1. The Hall–Kier alpha value is -1.09. The monoisotopic (exact) mass is 251 g/mol. The van der Waals surface area contributed by atoms with Crippen LogP contribution in [-0.2, 0) is 0 Å². The molecule has 1 N–H and O–H groups in total. The van der Waals surface area contributed by atoms with Crippen LogP contribution < -0.4 is 10.1 Å². The Morgan fingerprint density at radius 1 is 1.44 bits per heavy atom. The molecule has 2 rings (SSSR count). The Morgan fingerprint density at radius 3 is 2.67 bits per heavy atom. The summed E-state index contributed by atoms with van der Waals surface area (Å²) in [6, 6.07) is 5.85. The fourth-order valence-electron chi connectivity index (χ4n) is 2.98. The summed E-state index contributed by atoms with van der Waals surface area (Å²) in [5, 5.41) is 3.49. The van der Waals surface area contributed by atoms with E-state index < -0.39 is 0 Å². The molecule has 1 aromatic rings. The number of rotatable bonds is 4. The largest absolute Gasteiger partial charge is 0.494 e. The molecule has 1 aromatic carbocycles.